The highest BCUT2D eigenvalue weighted by Gasteiger charge is 2.34. The molecule has 0 radical (unpaired) electrons. The van der Waals surface area contributed by atoms with Gasteiger partial charge in [-0.15, -0.1) is 0 Å². The number of likely N-dealkylation sites (tertiary alicyclic amines) is 1. The number of hydrogen-bond donors (Lipinski definition) is 1. The fourth-order valence-corrected chi connectivity index (χ4v) is 3.43. The van der Waals surface area contributed by atoms with Crippen molar-refractivity contribution >= 4 is 11.8 Å². The molecule has 0 aromatic heterocycles. The van der Waals surface area contributed by atoms with Gasteiger partial charge >= 0.3 is 0 Å². The van der Waals surface area contributed by atoms with Gasteiger partial charge in [-0.1, -0.05) is 48.5 Å². The molecule has 2 amide bonds. The van der Waals surface area contributed by atoms with Gasteiger partial charge in [0.15, 0.2) is 0 Å². The van der Waals surface area contributed by atoms with Gasteiger partial charge in [-0.2, -0.15) is 0 Å². The second kappa shape index (κ2) is 9.21. The van der Waals surface area contributed by atoms with Gasteiger partial charge in [-0.3, -0.25) is 9.59 Å². The van der Waals surface area contributed by atoms with E-state index in [-0.39, 0.29) is 24.2 Å². The molecule has 2 aromatic carbocycles. The van der Waals surface area contributed by atoms with E-state index in [0.29, 0.717) is 19.6 Å². The van der Waals surface area contributed by atoms with Gasteiger partial charge in [0.05, 0.1) is 13.0 Å². The zero-order chi connectivity index (χ0) is 19.1. The molecule has 1 heterocycles. The highest BCUT2D eigenvalue weighted by atomic mass is 16.5. The lowest BCUT2D eigenvalue weighted by Gasteiger charge is -2.18. The van der Waals surface area contributed by atoms with Crippen molar-refractivity contribution in [3.8, 4) is 5.75 Å². The Morgan fingerprint density at radius 1 is 1.15 bits per heavy atom. The molecule has 5 nitrogen and oxygen atoms in total. The molecule has 1 atom stereocenters. The molecular formula is C22H26N2O3. The molecule has 0 spiro atoms. The van der Waals surface area contributed by atoms with E-state index in [1.54, 1.807) is 12.0 Å². The number of nitrogens with zero attached hydrogens (tertiary/aromatic N) is 1. The van der Waals surface area contributed by atoms with Crippen molar-refractivity contribution in [2.75, 3.05) is 20.2 Å². The topological polar surface area (TPSA) is 58.6 Å². The van der Waals surface area contributed by atoms with Crippen molar-refractivity contribution < 1.29 is 14.3 Å². The van der Waals surface area contributed by atoms with Crippen LogP contribution >= 0.6 is 0 Å². The zero-order valence-electron chi connectivity index (χ0n) is 15.7. The molecule has 1 fully saturated rings. The Morgan fingerprint density at radius 2 is 1.89 bits per heavy atom. The minimum atomic E-state index is -0.274. The SMILES string of the molecule is COc1ccccc1CN1C[C@H](C(=O)NCCCc2ccccc2)CC1=O. The third-order valence-corrected chi connectivity index (χ3v) is 4.92. The van der Waals surface area contributed by atoms with E-state index < -0.39 is 0 Å². The smallest absolute Gasteiger partial charge is 0.225 e. The molecule has 0 bridgehead atoms. The molecule has 2 aromatic rings. The molecule has 1 aliphatic heterocycles. The maximum Gasteiger partial charge on any atom is 0.225 e. The van der Waals surface area contributed by atoms with Gasteiger partial charge < -0.3 is 15.0 Å². The number of rotatable bonds is 8. The molecule has 1 N–H and O–H groups in total. The fourth-order valence-electron chi connectivity index (χ4n) is 3.43. The number of carbonyl (C=O) groups is 2. The molecule has 0 aliphatic carbocycles. The van der Waals surface area contributed by atoms with Gasteiger partial charge in [0.2, 0.25) is 11.8 Å². The largest absolute Gasteiger partial charge is 0.496 e. The highest BCUT2D eigenvalue weighted by Crippen LogP contribution is 2.24. The van der Waals surface area contributed by atoms with Crippen LogP contribution in [-0.4, -0.2) is 36.9 Å². The molecule has 0 unspecified atom stereocenters. The predicted molar refractivity (Wildman–Crippen MR) is 104 cm³/mol. The Hall–Kier alpha value is -2.82. The lowest BCUT2D eigenvalue weighted by atomic mass is 10.1. The second-order valence-corrected chi connectivity index (χ2v) is 6.87. The van der Waals surface area contributed by atoms with Crippen LogP contribution in [0, 0.1) is 5.92 Å². The normalized spacial score (nSPS) is 16.4. The summed E-state index contributed by atoms with van der Waals surface area (Å²) in [6.07, 6.45) is 2.10. The van der Waals surface area contributed by atoms with Crippen LogP contribution in [-0.2, 0) is 22.6 Å². The van der Waals surface area contributed by atoms with Crippen LogP contribution in [0.4, 0.5) is 0 Å². The first kappa shape index (κ1) is 19.0. The van der Waals surface area contributed by atoms with Crippen LogP contribution in [0.2, 0.25) is 0 Å². The first-order valence-electron chi connectivity index (χ1n) is 9.38. The molecule has 1 aliphatic rings. The molecule has 142 valence electrons. The summed E-state index contributed by atoms with van der Waals surface area (Å²) < 4.78 is 5.35. The first-order valence-corrected chi connectivity index (χ1v) is 9.38. The maximum absolute atomic E-state index is 12.4. The van der Waals surface area contributed by atoms with Crippen molar-refractivity contribution in [1.29, 1.82) is 0 Å². The summed E-state index contributed by atoms with van der Waals surface area (Å²) in [5.41, 5.74) is 2.23. The van der Waals surface area contributed by atoms with Gasteiger partial charge in [0.25, 0.3) is 0 Å². The monoisotopic (exact) mass is 366 g/mol. The highest BCUT2D eigenvalue weighted by molar-refractivity contribution is 5.89. The lowest BCUT2D eigenvalue weighted by molar-refractivity contribution is -0.129. The average Bonchev–Trinajstić information content (AvgIpc) is 3.07. The summed E-state index contributed by atoms with van der Waals surface area (Å²) >= 11 is 0. The minimum absolute atomic E-state index is 0.0188. The molecule has 0 saturated carbocycles. The number of hydrogen-bond acceptors (Lipinski definition) is 3. The quantitative estimate of drug-likeness (QED) is 0.731. The van der Waals surface area contributed by atoms with Crippen LogP contribution in [0.3, 0.4) is 0 Å². The molecule has 27 heavy (non-hydrogen) atoms. The molecular weight excluding hydrogens is 340 g/mol. The number of aryl methyl sites for hydroxylation is 1. The number of amides is 2. The number of ether oxygens (including phenoxy) is 1. The van der Waals surface area contributed by atoms with Crippen molar-refractivity contribution in [1.82, 2.24) is 10.2 Å². The third-order valence-electron chi connectivity index (χ3n) is 4.92. The van der Waals surface area contributed by atoms with Crippen molar-refractivity contribution in [2.24, 2.45) is 5.92 Å². The summed E-state index contributed by atoms with van der Waals surface area (Å²) in [6.45, 7) is 1.56. The lowest BCUT2D eigenvalue weighted by Crippen LogP contribution is -2.33. The van der Waals surface area contributed by atoms with Gasteiger partial charge in [-0.05, 0) is 24.5 Å². The van der Waals surface area contributed by atoms with Crippen LogP contribution in [0.25, 0.3) is 0 Å². The summed E-state index contributed by atoms with van der Waals surface area (Å²) in [7, 11) is 1.62. The van der Waals surface area contributed by atoms with E-state index in [1.165, 1.54) is 5.56 Å². The first-order chi connectivity index (χ1) is 13.2. The van der Waals surface area contributed by atoms with E-state index in [2.05, 4.69) is 17.4 Å². The Kier molecular flexibility index (Phi) is 6.47. The predicted octanol–water partition coefficient (Wildman–Crippen LogP) is 2.79. The Morgan fingerprint density at radius 3 is 2.67 bits per heavy atom. The van der Waals surface area contributed by atoms with E-state index in [4.69, 9.17) is 4.74 Å². The van der Waals surface area contributed by atoms with Gasteiger partial charge in [0, 0.05) is 31.6 Å². The van der Waals surface area contributed by atoms with Crippen LogP contribution in [0.15, 0.2) is 54.6 Å². The number of methoxy groups -OCH3 is 1. The Labute approximate surface area is 160 Å². The van der Waals surface area contributed by atoms with Crippen LogP contribution in [0.1, 0.15) is 24.0 Å². The summed E-state index contributed by atoms with van der Waals surface area (Å²) in [4.78, 5) is 26.5. The zero-order valence-corrected chi connectivity index (χ0v) is 15.7. The van der Waals surface area contributed by atoms with Gasteiger partial charge in [-0.25, -0.2) is 0 Å². The van der Waals surface area contributed by atoms with E-state index in [1.807, 2.05) is 42.5 Å². The Balaban J connectivity index is 1.46. The Bertz CT molecular complexity index is 776. The molecule has 3 rings (SSSR count). The average molecular weight is 366 g/mol. The third kappa shape index (κ3) is 5.09. The van der Waals surface area contributed by atoms with E-state index in [0.717, 1.165) is 24.2 Å². The fraction of sp³-hybridized carbons (Fsp3) is 0.364. The van der Waals surface area contributed by atoms with Crippen LogP contribution < -0.4 is 10.1 Å². The van der Waals surface area contributed by atoms with Crippen molar-refractivity contribution in [3.63, 3.8) is 0 Å². The summed E-state index contributed by atoms with van der Waals surface area (Å²) in [5.74, 6) is 0.479. The van der Waals surface area contributed by atoms with E-state index >= 15 is 0 Å². The maximum atomic E-state index is 12.4. The standard InChI is InChI=1S/C22H26N2O3/c1-27-20-12-6-5-11-18(20)15-24-16-19(14-21(24)25)22(26)23-13-7-10-17-8-3-2-4-9-17/h2-6,8-9,11-12,19H,7,10,13-16H2,1H3,(H,23,26)/t19-/m1/s1. The van der Waals surface area contributed by atoms with Crippen molar-refractivity contribution in [2.45, 2.75) is 25.8 Å². The van der Waals surface area contributed by atoms with E-state index in [9.17, 15) is 9.59 Å². The number of para-hydroxylation sites is 1. The summed E-state index contributed by atoms with van der Waals surface area (Å²) in [6, 6.07) is 17.9. The van der Waals surface area contributed by atoms with Gasteiger partial charge in [0.1, 0.15) is 5.75 Å². The van der Waals surface area contributed by atoms with Crippen LogP contribution in [0.5, 0.6) is 5.75 Å². The summed E-state index contributed by atoms with van der Waals surface area (Å²) in [5, 5.41) is 2.98. The second-order valence-electron chi connectivity index (χ2n) is 6.87. The number of benzene rings is 2. The molecule has 1 saturated heterocycles. The number of nitrogens with one attached hydrogen (secondary N) is 1. The molecule has 5 heteroatoms. The minimum Gasteiger partial charge on any atom is -0.496 e. The van der Waals surface area contributed by atoms with Crippen molar-refractivity contribution in [3.05, 3.63) is 65.7 Å². The number of carbonyl (C=O) groups excluding carboxylic acids is 2.